The van der Waals surface area contributed by atoms with E-state index < -0.39 is 0 Å². The van der Waals surface area contributed by atoms with Gasteiger partial charge in [0.1, 0.15) is 6.16 Å². The average molecular weight is 198 g/mol. The topological polar surface area (TPSA) is 35.0 Å². The summed E-state index contributed by atoms with van der Waals surface area (Å²) in [5, 5.41) is 0. The predicted molar refractivity (Wildman–Crippen MR) is 57.3 cm³/mol. The van der Waals surface area contributed by atoms with Crippen LogP contribution >= 0.6 is 18.1 Å². The second-order valence-corrected chi connectivity index (χ2v) is 6.87. The zero-order valence-corrected chi connectivity index (χ0v) is 9.15. The molecule has 0 heterocycles. The summed E-state index contributed by atoms with van der Waals surface area (Å²) in [7, 11) is 0. The Bertz CT molecular complexity index is 87.8. The van der Waals surface area contributed by atoms with Crippen LogP contribution in [0.15, 0.2) is 0 Å². The number of unbranched alkanes of at least 4 members (excludes halogenated alkanes) is 3. The zero-order chi connectivity index (χ0) is 7.11. The molecule has 0 aliphatic carbocycles. The number of hydrogen-bond acceptors (Lipinski definition) is 2. The molecule has 62 valence electrons. The van der Waals surface area contributed by atoms with Crippen LogP contribution in [0.4, 0.5) is 0 Å². The minimum atomic E-state index is -0.339. The second kappa shape index (κ2) is 9.83. The van der Waals surface area contributed by atoms with Crippen LogP contribution in [-0.2, 0) is 11.8 Å². The lowest BCUT2D eigenvalue weighted by Gasteiger charge is -1.89. The van der Waals surface area contributed by atoms with Crippen molar-refractivity contribution in [2.75, 3.05) is 6.16 Å². The number of rotatable bonds is 5. The highest BCUT2D eigenvalue weighted by Gasteiger charge is 1.99. The van der Waals surface area contributed by atoms with Gasteiger partial charge in [-0.1, -0.05) is 19.8 Å². The van der Waals surface area contributed by atoms with E-state index in [0.717, 1.165) is 6.16 Å². The van der Waals surface area contributed by atoms with E-state index in [9.17, 15) is 0 Å². The van der Waals surface area contributed by atoms with E-state index >= 15 is 0 Å². The maximum Gasteiger partial charge on any atom is 0.241 e. The van der Waals surface area contributed by atoms with Gasteiger partial charge >= 0.3 is 0 Å². The number of hydrogen-bond donors (Lipinski definition) is 2. The SMILES string of the molecule is CCCCCC[P+](=S)S.N. The monoisotopic (exact) mass is 198 g/mol. The molecule has 0 aliphatic rings. The molecule has 0 rings (SSSR count). The lowest BCUT2D eigenvalue weighted by molar-refractivity contribution is 0.706. The lowest BCUT2D eigenvalue weighted by Crippen LogP contribution is -1.76. The molecule has 0 amide bonds. The molecule has 0 aromatic heterocycles. The summed E-state index contributed by atoms with van der Waals surface area (Å²) in [5.41, 5.74) is 0. The first-order chi connectivity index (χ1) is 4.27. The lowest BCUT2D eigenvalue weighted by atomic mass is 10.2. The van der Waals surface area contributed by atoms with E-state index in [1.165, 1.54) is 25.7 Å². The summed E-state index contributed by atoms with van der Waals surface area (Å²) in [6.45, 7) is 2.22. The fraction of sp³-hybridized carbons (Fsp3) is 1.00. The Kier molecular flexibility index (Phi) is 13.2. The molecule has 1 atom stereocenters. The van der Waals surface area contributed by atoms with Crippen molar-refractivity contribution < 1.29 is 0 Å². The van der Waals surface area contributed by atoms with Crippen LogP contribution in [0.3, 0.4) is 0 Å². The molecule has 0 saturated heterocycles. The molecule has 0 bridgehead atoms. The molecule has 1 nitrogen and oxygen atoms in total. The Labute approximate surface area is 75.1 Å². The molecule has 0 aromatic carbocycles. The van der Waals surface area contributed by atoms with Gasteiger partial charge in [-0.2, -0.15) is 0 Å². The molecular weight excluding hydrogens is 181 g/mol. The first-order valence-electron chi connectivity index (χ1n) is 3.41. The molecule has 4 heteroatoms. The Morgan fingerprint density at radius 1 is 1.30 bits per heavy atom. The first-order valence-corrected chi connectivity index (χ1v) is 7.10. The van der Waals surface area contributed by atoms with Crippen LogP contribution in [0, 0.1) is 0 Å². The van der Waals surface area contributed by atoms with E-state index in [-0.39, 0.29) is 12.0 Å². The van der Waals surface area contributed by atoms with E-state index in [2.05, 4.69) is 19.2 Å². The molecule has 0 aliphatic heterocycles. The normalized spacial score (nSPS) is 10.4. The summed E-state index contributed by atoms with van der Waals surface area (Å²) in [4.78, 5) is 0. The molecule has 10 heavy (non-hydrogen) atoms. The van der Waals surface area contributed by atoms with Crippen molar-refractivity contribution in [1.29, 1.82) is 0 Å². The maximum absolute atomic E-state index is 4.96. The first kappa shape index (κ1) is 13.4. The highest BCUT2D eigenvalue weighted by atomic mass is 32.9. The largest absolute Gasteiger partial charge is 0.344 e. The van der Waals surface area contributed by atoms with Gasteiger partial charge in [0, 0.05) is 0 Å². The van der Waals surface area contributed by atoms with Crippen LogP contribution in [0.5, 0.6) is 0 Å². The Balaban J connectivity index is 0. The predicted octanol–water partition coefficient (Wildman–Crippen LogP) is 3.52. The molecule has 0 saturated carbocycles. The van der Waals surface area contributed by atoms with Gasteiger partial charge in [0.15, 0.2) is 11.8 Å². The molecule has 1 unspecified atom stereocenters. The fourth-order valence-corrected chi connectivity index (χ4v) is 1.98. The molecule has 0 fully saturated rings. The van der Waals surface area contributed by atoms with Gasteiger partial charge in [-0.05, 0) is 12.8 Å². The van der Waals surface area contributed by atoms with E-state index in [4.69, 9.17) is 11.8 Å². The number of thiol groups is 1. The third kappa shape index (κ3) is 11.6. The second-order valence-electron chi connectivity index (χ2n) is 2.14. The Hall–Kier alpha value is 0.830. The van der Waals surface area contributed by atoms with Crippen LogP contribution in [0.25, 0.3) is 0 Å². The average Bonchev–Trinajstić information content (AvgIpc) is 1.80. The molecule has 0 aromatic rings. The summed E-state index contributed by atoms with van der Waals surface area (Å²) < 4.78 is 0. The maximum atomic E-state index is 4.96. The van der Waals surface area contributed by atoms with Crippen molar-refractivity contribution in [3.8, 4) is 0 Å². The van der Waals surface area contributed by atoms with E-state index in [1.54, 1.807) is 0 Å². The van der Waals surface area contributed by atoms with Gasteiger partial charge in [-0.15, -0.1) is 0 Å². The summed E-state index contributed by atoms with van der Waals surface area (Å²) >= 11 is 9.14. The third-order valence-electron chi connectivity index (χ3n) is 1.20. The molecule has 0 radical (unpaired) electrons. The van der Waals surface area contributed by atoms with Crippen molar-refractivity contribution in [3.63, 3.8) is 0 Å². The third-order valence-corrected chi connectivity index (χ3v) is 3.05. The summed E-state index contributed by atoms with van der Waals surface area (Å²) in [6.07, 6.45) is 6.45. The Morgan fingerprint density at radius 2 is 1.90 bits per heavy atom. The minimum Gasteiger partial charge on any atom is -0.344 e. The highest BCUT2D eigenvalue weighted by Crippen LogP contribution is 2.27. The standard InChI is InChI=1S/C6H13PS2.H3N/c1-2-3-4-5-6-7(8)9;/h2-6H2,1H3;1H3/p+1. The van der Waals surface area contributed by atoms with Gasteiger partial charge < -0.3 is 6.15 Å². The van der Waals surface area contributed by atoms with Gasteiger partial charge in [-0.25, -0.2) is 0 Å². The minimum absolute atomic E-state index is 0. The summed E-state index contributed by atoms with van der Waals surface area (Å²) in [5.74, 6) is -0.339. The van der Waals surface area contributed by atoms with Gasteiger partial charge in [0.25, 0.3) is 0 Å². The van der Waals surface area contributed by atoms with Crippen molar-refractivity contribution in [1.82, 2.24) is 6.15 Å². The van der Waals surface area contributed by atoms with E-state index in [1.807, 2.05) is 0 Å². The highest BCUT2D eigenvalue weighted by molar-refractivity contribution is 8.56. The van der Waals surface area contributed by atoms with Crippen molar-refractivity contribution >= 4 is 30.0 Å². The van der Waals surface area contributed by atoms with E-state index in [0.29, 0.717) is 0 Å². The van der Waals surface area contributed by atoms with Gasteiger partial charge in [0.05, 0.1) is 12.2 Å². The van der Waals surface area contributed by atoms with Crippen molar-refractivity contribution in [3.05, 3.63) is 0 Å². The fourth-order valence-electron chi connectivity index (χ4n) is 0.674. The summed E-state index contributed by atoms with van der Waals surface area (Å²) in [6, 6.07) is 0. The van der Waals surface area contributed by atoms with Crippen LogP contribution < -0.4 is 6.15 Å². The molecule has 3 N–H and O–H groups in total. The molecular formula is C6H17NPS2+. The van der Waals surface area contributed by atoms with Gasteiger partial charge in [-0.3, -0.25) is 0 Å². The van der Waals surface area contributed by atoms with Crippen LogP contribution in [0.1, 0.15) is 32.6 Å². The van der Waals surface area contributed by atoms with Crippen LogP contribution in [0.2, 0.25) is 0 Å². The Morgan fingerprint density at radius 3 is 2.30 bits per heavy atom. The van der Waals surface area contributed by atoms with Crippen molar-refractivity contribution in [2.24, 2.45) is 0 Å². The van der Waals surface area contributed by atoms with Gasteiger partial charge in [0.2, 0.25) is 5.90 Å². The molecule has 0 spiro atoms. The zero-order valence-electron chi connectivity index (χ0n) is 6.55. The quantitative estimate of drug-likeness (QED) is 0.403. The smallest absolute Gasteiger partial charge is 0.241 e. The van der Waals surface area contributed by atoms with Crippen molar-refractivity contribution in [2.45, 2.75) is 32.6 Å². The van der Waals surface area contributed by atoms with Crippen LogP contribution in [-0.4, -0.2) is 6.16 Å².